The quantitative estimate of drug-likeness (QED) is 0.0612. The molecule has 6 rings (SSSR count). The number of aryl methyl sites for hydroxylation is 2. The van der Waals surface area contributed by atoms with Gasteiger partial charge in [-0.3, -0.25) is 33.5 Å². The Balaban J connectivity index is 0.902. The third kappa shape index (κ3) is 10.7. The summed E-state index contributed by atoms with van der Waals surface area (Å²) < 4.78 is 12.3. The lowest BCUT2D eigenvalue weighted by Gasteiger charge is -2.22. The number of fused-ring (bicyclic) bond motifs is 1. The number of carbonyl (C=O) groups is 4. The highest BCUT2D eigenvalue weighted by molar-refractivity contribution is 6.02. The number of alkyl carbamates (subject to hydrolysis) is 1. The van der Waals surface area contributed by atoms with Gasteiger partial charge >= 0.3 is 11.8 Å². The van der Waals surface area contributed by atoms with E-state index < -0.39 is 11.9 Å². The molecule has 0 spiro atoms. The van der Waals surface area contributed by atoms with E-state index in [0.29, 0.717) is 41.9 Å². The number of benzene rings is 1. The van der Waals surface area contributed by atoms with Crippen LogP contribution in [-0.4, -0.2) is 64.7 Å². The number of hydrogen-bond acceptors (Lipinski definition) is 8. The first-order valence-electron chi connectivity index (χ1n) is 21.6. The van der Waals surface area contributed by atoms with Crippen LogP contribution < -0.4 is 21.6 Å². The van der Waals surface area contributed by atoms with Crippen molar-refractivity contribution < 1.29 is 23.9 Å². The number of para-hydroxylation sites is 1. The summed E-state index contributed by atoms with van der Waals surface area (Å²) in [5.41, 5.74) is 2.83. The molecular formula is C45H61N9O6. The third-order valence-electron chi connectivity index (χ3n) is 11.3. The minimum atomic E-state index is -0.720. The minimum Gasteiger partial charge on any atom is -0.446 e. The Labute approximate surface area is 352 Å². The van der Waals surface area contributed by atoms with E-state index in [0.717, 1.165) is 81.9 Å². The zero-order chi connectivity index (χ0) is 43.0. The van der Waals surface area contributed by atoms with E-state index in [-0.39, 0.29) is 53.6 Å². The monoisotopic (exact) mass is 823 g/mol. The largest absolute Gasteiger partial charge is 0.446 e. The maximum Gasteiger partial charge on any atom is 0.407 e. The van der Waals surface area contributed by atoms with Crippen molar-refractivity contribution in [1.29, 1.82) is 0 Å². The van der Waals surface area contributed by atoms with Crippen LogP contribution in [-0.2, 0) is 33.5 Å². The van der Waals surface area contributed by atoms with Gasteiger partial charge in [0, 0.05) is 50.7 Å². The van der Waals surface area contributed by atoms with E-state index in [2.05, 4.69) is 53.7 Å². The summed E-state index contributed by atoms with van der Waals surface area (Å²) in [5.74, 6) is 6.31. The smallest absolute Gasteiger partial charge is 0.407 e. The first-order chi connectivity index (χ1) is 28.7. The minimum absolute atomic E-state index is 0.0149. The number of nitrogens with one attached hydrogen (secondary N) is 3. The molecule has 1 aliphatic heterocycles. The van der Waals surface area contributed by atoms with E-state index in [1.54, 1.807) is 24.0 Å². The van der Waals surface area contributed by atoms with Crippen LogP contribution >= 0.6 is 0 Å². The van der Waals surface area contributed by atoms with Gasteiger partial charge in [0.1, 0.15) is 23.7 Å². The SMILES string of the molecule is CC(C)NC(=O)O[C@H]1CCC(c2cc(NC(=O)c3ccnn3CCCCCCCCCCC#Cc3cccc4c3n(C)c(=O)n4C3CCC(=O)NC3=O)n(C(C)(C)C)n2)C1. The molecule has 15 nitrogen and oxygen atoms in total. The van der Waals surface area contributed by atoms with Crippen LogP contribution in [0, 0.1) is 11.8 Å². The summed E-state index contributed by atoms with van der Waals surface area (Å²) >= 11 is 0. The molecule has 2 fully saturated rings. The lowest BCUT2D eigenvalue weighted by atomic mass is 10.0. The molecule has 1 aromatic carbocycles. The van der Waals surface area contributed by atoms with Crippen molar-refractivity contribution in [3.63, 3.8) is 0 Å². The van der Waals surface area contributed by atoms with E-state index in [4.69, 9.17) is 9.84 Å². The molecule has 1 saturated heterocycles. The summed E-state index contributed by atoms with van der Waals surface area (Å²) in [6.45, 7) is 10.6. The number of rotatable bonds is 16. The maximum absolute atomic E-state index is 13.6. The lowest BCUT2D eigenvalue weighted by molar-refractivity contribution is -0.135. The van der Waals surface area contributed by atoms with E-state index in [9.17, 15) is 24.0 Å². The summed E-state index contributed by atoms with van der Waals surface area (Å²) in [6.07, 6.45) is 13.3. The number of aromatic nitrogens is 6. The Morgan fingerprint density at radius 1 is 0.983 bits per heavy atom. The standard InChI is InChI=1S/C45H61N9O6/c1-30(2)47-43(58)60-33-22-21-32(28-33)34-29-38(54(50-34)45(3,4)5)48-41(56)36-25-26-46-52(36)27-16-14-12-10-8-7-9-11-13-15-18-31-19-17-20-35-40(31)51(6)44(59)53(35)37-23-24-39(55)49-42(37)57/h17,19-20,25-26,29-30,32-33,37H,7-14,16,21-24,27-28H2,1-6H3,(H,47,58)(H,48,56)(H,49,55,57)/t32?,33-,37?/m0/s1. The number of imidazole rings is 1. The van der Waals surface area contributed by atoms with Crippen LogP contribution in [0.25, 0.3) is 11.0 Å². The van der Waals surface area contributed by atoms with Crippen LogP contribution in [0.5, 0.6) is 0 Å². The second kappa shape index (κ2) is 19.6. The second-order valence-corrected chi connectivity index (χ2v) is 17.5. The van der Waals surface area contributed by atoms with Crippen molar-refractivity contribution in [2.45, 2.75) is 161 Å². The number of unbranched alkanes of at least 4 members (excludes halogenated alkanes) is 8. The molecule has 1 aliphatic carbocycles. The first-order valence-corrected chi connectivity index (χ1v) is 21.6. The molecule has 2 aliphatic rings. The number of nitrogens with zero attached hydrogens (tertiary/aromatic N) is 6. The Bertz CT molecular complexity index is 2300. The van der Waals surface area contributed by atoms with Crippen LogP contribution in [0.15, 0.2) is 41.3 Å². The highest BCUT2D eigenvalue weighted by atomic mass is 16.6. The van der Waals surface area contributed by atoms with Crippen LogP contribution in [0.3, 0.4) is 0 Å². The topological polar surface area (TPSA) is 176 Å². The Kier molecular flexibility index (Phi) is 14.4. The van der Waals surface area contributed by atoms with Gasteiger partial charge in [0.15, 0.2) is 0 Å². The van der Waals surface area contributed by atoms with Gasteiger partial charge in [-0.2, -0.15) is 10.2 Å². The van der Waals surface area contributed by atoms with Crippen LogP contribution in [0.4, 0.5) is 10.6 Å². The molecule has 4 amide bonds. The molecule has 2 unspecified atom stereocenters. The molecule has 0 bridgehead atoms. The predicted octanol–water partition coefficient (Wildman–Crippen LogP) is 7.05. The molecule has 60 heavy (non-hydrogen) atoms. The Hall–Kier alpha value is -5.65. The van der Waals surface area contributed by atoms with E-state index >= 15 is 0 Å². The van der Waals surface area contributed by atoms with Gasteiger partial charge in [0.05, 0.1) is 27.8 Å². The van der Waals surface area contributed by atoms with Crippen molar-refractivity contribution in [2.75, 3.05) is 5.32 Å². The van der Waals surface area contributed by atoms with Crippen molar-refractivity contribution in [3.8, 4) is 11.8 Å². The molecule has 0 radical (unpaired) electrons. The fourth-order valence-corrected chi connectivity index (χ4v) is 8.28. The predicted molar refractivity (Wildman–Crippen MR) is 230 cm³/mol. The number of amides is 4. The summed E-state index contributed by atoms with van der Waals surface area (Å²) in [4.78, 5) is 63.1. The molecule has 3 atom stereocenters. The van der Waals surface area contributed by atoms with Crippen molar-refractivity contribution in [2.24, 2.45) is 7.05 Å². The highest BCUT2D eigenvalue weighted by Gasteiger charge is 2.33. The zero-order valence-electron chi connectivity index (χ0n) is 36.0. The zero-order valence-corrected chi connectivity index (χ0v) is 36.0. The molecule has 3 aromatic heterocycles. The molecule has 4 heterocycles. The number of imide groups is 1. The van der Waals surface area contributed by atoms with Gasteiger partial charge in [-0.15, -0.1) is 0 Å². The van der Waals surface area contributed by atoms with Gasteiger partial charge < -0.3 is 15.4 Å². The average molecular weight is 824 g/mol. The van der Waals surface area contributed by atoms with Gasteiger partial charge in [-0.05, 0) is 91.3 Å². The van der Waals surface area contributed by atoms with Gasteiger partial charge in [0.2, 0.25) is 11.8 Å². The van der Waals surface area contributed by atoms with Crippen LogP contribution in [0.1, 0.15) is 158 Å². The Morgan fingerprint density at radius 3 is 2.43 bits per heavy atom. The number of ether oxygens (including phenoxy) is 1. The summed E-state index contributed by atoms with van der Waals surface area (Å²) in [7, 11) is 1.69. The van der Waals surface area contributed by atoms with Crippen molar-refractivity contribution in [3.05, 3.63) is 64.0 Å². The summed E-state index contributed by atoms with van der Waals surface area (Å²) in [6, 6.07) is 8.57. The van der Waals surface area contributed by atoms with Crippen molar-refractivity contribution in [1.82, 2.24) is 39.3 Å². The number of carbonyl (C=O) groups excluding carboxylic acids is 4. The lowest BCUT2D eigenvalue weighted by Crippen LogP contribution is -2.44. The molecule has 15 heteroatoms. The van der Waals surface area contributed by atoms with Gasteiger partial charge in [-0.25, -0.2) is 14.3 Å². The van der Waals surface area contributed by atoms with Gasteiger partial charge in [-0.1, -0.05) is 56.4 Å². The van der Waals surface area contributed by atoms with Crippen LogP contribution in [0.2, 0.25) is 0 Å². The highest BCUT2D eigenvalue weighted by Crippen LogP contribution is 2.37. The van der Waals surface area contributed by atoms with Gasteiger partial charge in [0.25, 0.3) is 5.91 Å². The fraction of sp³-hybridized carbons (Fsp3) is 0.578. The molecule has 4 aromatic rings. The molecular weight excluding hydrogens is 763 g/mol. The maximum atomic E-state index is 13.6. The third-order valence-corrected chi connectivity index (χ3v) is 11.3. The normalized spacial score (nSPS) is 18.1. The first kappa shape index (κ1) is 43.9. The number of anilines is 1. The van der Waals surface area contributed by atoms with E-state index in [1.165, 1.54) is 9.13 Å². The molecule has 1 saturated carbocycles. The van der Waals surface area contributed by atoms with Crippen molar-refractivity contribution >= 4 is 40.7 Å². The summed E-state index contributed by atoms with van der Waals surface area (Å²) in [5, 5.41) is 17.6. The average Bonchev–Trinajstić information content (AvgIpc) is 3.99. The van der Waals surface area contributed by atoms with E-state index in [1.807, 2.05) is 42.8 Å². The molecule has 3 N–H and O–H groups in total. The second-order valence-electron chi connectivity index (χ2n) is 17.5. The number of piperidine rings is 1. The number of hydrogen-bond donors (Lipinski definition) is 3. The Morgan fingerprint density at radius 2 is 1.72 bits per heavy atom. The molecule has 322 valence electrons. The fourth-order valence-electron chi connectivity index (χ4n) is 8.28.